The van der Waals surface area contributed by atoms with Gasteiger partial charge in [0.05, 0.1) is 5.92 Å². The molecule has 2 N–H and O–H groups in total. The van der Waals surface area contributed by atoms with Crippen molar-refractivity contribution in [2.75, 3.05) is 25.2 Å². The third-order valence-electron chi connectivity index (χ3n) is 4.17. The summed E-state index contributed by atoms with van der Waals surface area (Å²) in [6.45, 7) is 1.92. The fourth-order valence-electron chi connectivity index (χ4n) is 2.71. The number of carbonyl (C=O) groups excluding carboxylic acids is 2. The minimum Gasteiger partial charge on any atom is -0.480 e. The number of carboxylic acids is 1. The van der Waals surface area contributed by atoms with Crippen LogP contribution in [0.15, 0.2) is 18.2 Å². The van der Waals surface area contributed by atoms with E-state index in [0.29, 0.717) is 11.3 Å². The van der Waals surface area contributed by atoms with Crippen molar-refractivity contribution in [2.24, 2.45) is 5.92 Å². The molecule has 1 fully saturated rings. The van der Waals surface area contributed by atoms with Crippen molar-refractivity contribution in [1.82, 2.24) is 5.32 Å². The molecule has 1 heterocycles. The van der Waals surface area contributed by atoms with Gasteiger partial charge in [-0.25, -0.2) is 9.18 Å². The number of amides is 2. The number of carbonyl (C=O) groups is 3. The first-order valence-corrected chi connectivity index (χ1v) is 7.92. The number of halogens is 1. The van der Waals surface area contributed by atoms with E-state index in [1.807, 2.05) is 0 Å². The molecule has 2 atom stereocenters. The van der Waals surface area contributed by atoms with E-state index < -0.39 is 23.8 Å². The summed E-state index contributed by atoms with van der Waals surface area (Å²) in [4.78, 5) is 37.1. The summed E-state index contributed by atoms with van der Waals surface area (Å²) >= 11 is 0. The molecule has 0 aromatic heterocycles. The largest absolute Gasteiger partial charge is 0.480 e. The SMILES string of the molecule is COCCC(NC(=O)C1CC(=O)N(c2ccc(F)c(C)c2)C1)C(=O)O. The van der Waals surface area contributed by atoms with Crippen LogP contribution in [-0.2, 0) is 19.1 Å². The number of aliphatic carboxylic acids is 1. The Hall–Kier alpha value is -2.48. The van der Waals surface area contributed by atoms with Crippen LogP contribution >= 0.6 is 0 Å². The van der Waals surface area contributed by atoms with Gasteiger partial charge in [0.2, 0.25) is 11.8 Å². The summed E-state index contributed by atoms with van der Waals surface area (Å²) in [6.07, 6.45) is 0.123. The van der Waals surface area contributed by atoms with Crippen LogP contribution in [0, 0.1) is 18.7 Å². The summed E-state index contributed by atoms with van der Waals surface area (Å²) < 4.78 is 18.2. The molecule has 2 rings (SSSR count). The van der Waals surface area contributed by atoms with Gasteiger partial charge in [0.25, 0.3) is 0 Å². The molecular formula is C17H21FN2O5. The van der Waals surface area contributed by atoms with Crippen LogP contribution in [0.5, 0.6) is 0 Å². The number of methoxy groups -OCH3 is 1. The van der Waals surface area contributed by atoms with Gasteiger partial charge >= 0.3 is 5.97 Å². The van der Waals surface area contributed by atoms with E-state index >= 15 is 0 Å². The maximum absolute atomic E-state index is 13.4. The molecule has 0 bridgehead atoms. The number of benzene rings is 1. The number of aryl methyl sites for hydroxylation is 1. The summed E-state index contributed by atoms with van der Waals surface area (Å²) in [5.41, 5.74) is 0.928. The molecular weight excluding hydrogens is 331 g/mol. The Morgan fingerprint density at radius 1 is 1.48 bits per heavy atom. The van der Waals surface area contributed by atoms with Gasteiger partial charge in [0.1, 0.15) is 11.9 Å². The predicted molar refractivity (Wildman–Crippen MR) is 87.7 cm³/mol. The van der Waals surface area contributed by atoms with Gasteiger partial charge in [-0.05, 0) is 30.7 Å². The normalized spacial score (nSPS) is 18.3. The second-order valence-corrected chi connectivity index (χ2v) is 6.02. The molecule has 7 nitrogen and oxygen atoms in total. The molecule has 2 amide bonds. The van der Waals surface area contributed by atoms with Crippen LogP contribution < -0.4 is 10.2 Å². The van der Waals surface area contributed by atoms with Gasteiger partial charge in [-0.3, -0.25) is 9.59 Å². The number of carboxylic acid groups (broad SMARTS) is 1. The van der Waals surface area contributed by atoms with Gasteiger partial charge in [-0.2, -0.15) is 0 Å². The summed E-state index contributed by atoms with van der Waals surface area (Å²) in [7, 11) is 1.44. The summed E-state index contributed by atoms with van der Waals surface area (Å²) in [5.74, 6) is -2.91. The van der Waals surface area contributed by atoms with E-state index in [1.54, 1.807) is 13.0 Å². The van der Waals surface area contributed by atoms with E-state index in [1.165, 1.54) is 24.1 Å². The first-order chi connectivity index (χ1) is 11.8. The number of rotatable bonds is 7. The Labute approximate surface area is 144 Å². The van der Waals surface area contributed by atoms with Crippen LogP contribution in [0.25, 0.3) is 0 Å². The highest BCUT2D eigenvalue weighted by molar-refractivity contribution is 6.00. The molecule has 1 aromatic rings. The Balaban J connectivity index is 2.04. The molecule has 0 radical (unpaired) electrons. The second kappa shape index (κ2) is 8.06. The van der Waals surface area contributed by atoms with Crippen molar-refractivity contribution in [3.63, 3.8) is 0 Å². The van der Waals surface area contributed by atoms with E-state index in [0.717, 1.165) is 0 Å². The van der Waals surface area contributed by atoms with E-state index in [2.05, 4.69) is 5.32 Å². The average Bonchev–Trinajstić information content (AvgIpc) is 2.95. The van der Waals surface area contributed by atoms with Crippen LogP contribution in [0.1, 0.15) is 18.4 Å². The third kappa shape index (κ3) is 4.54. The fourth-order valence-corrected chi connectivity index (χ4v) is 2.71. The Morgan fingerprint density at radius 2 is 2.20 bits per heavy atom. The number of hydrogen-bond donors (Lipinski definition) is 2. The highest BCUT2D eigenvalue weighted by Gasteiger charge is 2.36. The Bertz CT molecular complexity index is 679. The van der Waals surface area contributed by atoms with Crippen molar-refractivity contribution >= 4 is 23.5 Å². The molecule has 8 heteroatoms. The predicted octanol–water partition coefficient (Wildman–Crippen LogP) is 1.09. The fraction of sp³-hybridized carbons (Fsp3) is 0.471. The van der Waals surface area contributed by atoms with Crippen LogP contribution in [0.4, 0.5) is 10.1 Å². The first kappa shape index (κ1) is 18.9. The molecule has 0 aliphatic carbocycles. The molecule has 25 heavy (non-hydrogen) atoms. The molecule has 1 aromatic carbocycles. The lowest BCUT2D eigenvalue weighted by molar-refractivity contribution is -0.142. The zero-order chi connectivity index (χ0) is 18.6. The first-order valence-electron chi connectivity index (χ1n) is 7.92. The topological polar surface area (TPSA) is 95.9 Å². The highest BCUT2D eigenvalue weighted by Crippen LogP contribution is 2.26. The molecule has 1 aliphatic rings. The smallest absolute Gasteiger partial charge is 0.326 e. The Morgan fingerprint density at radius 3 is 2.80 bits per heavy atom. The van der Waals surface area contributed by atoms with Crippen molar-refractivity contribution in [3.05, 3.63) is 29.6 Å². The lowest BCUT2D eigenvalue weighted by Gasteiger charge is -2.19. The average molecular weight is 352 g/mol. The quantitative estimate of drug-likeness (QED) is 0.766. The number of ether oxygens (including phenoxy) is 1. The molecule has 136 valence electrons. The molecule has 2 unspecified atom stereocenters. The van der Waals surface area contributed by atoms with E-state index in [-0.39, 0.29) is 37.7 Å². The summed E-state index contributed by atoms with van der Waals surface area (Å²) in [6, 6.07) is 3.24. The van der Waals surface area contributed by atoms with Crippen molar-refractivity contribution < 1.29 is 28.6 Å². The third-order valence-corrected chi connectivity index (χ3v) is 4.17. The van der Waals surface area contributed by atoms with Gasteiger partial charge in [-0.15, -0.1) is 0 Å². The highest BCUT2D eigenvalue weighted by atomic mass is 19.1. The number of hydrogen-bond acceptors (Lipinski definition) is 4. The Kier molecular flexibility index (Phi) is 6.08. The standard InChI is InChI=1S/C17H21FN2O5/c1-10-7-12(3-4-13(10)18)20-9-11(8-15(20)21)16(22)19-14(17(23)24)5-6-25-2/h3-4,7,11,14H,5-6,8-9H2,1-2H3,(H,19,22)(H,23,24). The van der Waals surface area contributed by atoms with Crippen LogP contribution in [0.3, 0.4) is 0 Å². The zero-order valence-electron chi connectivity index (χ0n) is 14.1. The van der Waals surface area contributed by atoms with Gasteiger partial charge in [0.15, 0.2) is 0 Å². The van der Waals surface area contributed by atoms with E-state index in [9.17, 15) is 18.8 Å². The zero-order valence-corrected chi connectivity index (χ0v) is 14.1. The maximum Gasteiger partial charge on any atom is 0.326 e. The van der Waals surface area contributed by atoms with E-state index in [4.69, 9.17) is 9.84 Å². The van der Waals surface area contributed by atoms with Gasteiger partial charge in [-0.1, -0.05) is 0 Å². The lowest BCUT2D eigenvalue weighted by atomic mass is 10.1. The number of nitrogens with zero attached hydrogens (tertiary/aromatic N) is 1. The van der Waals surface area contributed by atoms with Crippen molar-refractivity contribution in [2.45, 2.75) is 25.8 Å². The monoisotopic (exact) mass is 352 g/mol. The molecule has 0 saturated carbocycles. The maximum atomic E-state index is 13.4. The van der Waals surface area contributed by atoms with Gasteiger partial charge in [0, 0.05) is 38.8 Å². The second-order valence-electron chi connectivity index (χ2n) is 6.02. The minimum atomic E-state index is -1.15. The van der Waals surface area contributed by atoms with Crippen LogP contribution in [-0.4, -0.2) is 49.2 Å². The lowest BCUT2D eigenvalue weighted by Crippen LogP contribution is -2.44. The van der Waals surface area contributed by atoms with Crippen LogP contribution in [0.2, 0.25) is 0 Å². The minimum absolute atomic E-state index is 0.0150. The summed E-state index contributed by atoms with van der Waals surface area (Å²) in [5, 5.41) is 11.6. The molecule has 1 aliphatic heterocycles. The number of nitrogens with one attached hydrogen (secondary N) is 1. The number of anilines is 1. The van der Waals surface area contributed by atoms with Crippen molar-refractivity contribution in [1.29, 1.82) is 0 Å². The molecule has 1 saturated heterocycles. The van der Waals surface area contributed by atoms with Crippen molar-refractivity contribution in [3.8, 4) is 0 Å². The molecule has 0 spiro atoms. The van der Waals surface area contributed by atoms with Gasteiger partial charge < -0.3 is 20.1 Å².